The van der Waals surface area contributed by atoms with Crippen molar-refractivity contribution in [3.05, 3.63) is 35.4 Å². The molecule has 1 aliphatic carbocycles. The predicted octanol–water partition coefficient (Wildman–Crippen LogP) is 2.60. The van der Waals surface area contributed by atoms with Crippen molar-refractivity contribution in [2.24, 2.45) is 5.41 Å². The van der Waals surface area contributed by atoms with Gasteiger partial charge in [-0.15, -0.1) is 0 Å². The number of hydrogen-bond donors (Lipinski definition) is 1. The lowest BCUT2D eigenvalue weighted by atomic mass is 9.69. The van der Waals surface area contributed by atoms with Gasteiger partial charge in [0, 0.05) is 25.1 Å². The molecule has 1 aromatic carbocycles. The molecule has 0 aromatic heterocycles. The molecule has 0 saturated heterocycles. The number of hydrogen-bond acceptors (Lipinski definition) is 2. The lowest BCUT2D eigenvalue weighted by Gasteiger charge is -2.43. The molecule has 2 nitrogen and oxygen atoms in total. The van der Waals surface area contributed by atoms with Crippen molar-refractivity contribution in [1.29, 1.82) is 0 Å². The third kappa shape index (κ3) is 3.51. The Kier molecular flexibility index (Phi) is 4.53. The van der Waals surface area contributed by atoms with E-state index in [4.69, 9.17) is 0 Å². The van der Waals surface area contributed by atoms with Crippen LogP contribution in [0.1, 0.15) is 24.8 Å². The van der Waals surface area contributed by atoms with Crippen molar-refractivity contribution in [1.82, 2.24) is 4.90 Å². The Balaban J connectivity index is 1.82. The second-order valence-electron chi connectivity index (χ2n) is 5.75. The maximum absolute atomic E-state index is 13.1. The molecule has 1 aliphatic rings. The summed E-state index contributed by atoms with van der Waals surface area (Å²) in [5.74, 6) is -1.59. The van der Waals surface area contributed by atoms with Crippen LogP contribution in [0.3, 0.4) is 0 Å². The molecule has 0 radical (unpaired) electrons. The zero-order chi connectivity index (χ0) is 13.9. The van der Waals surface area contributed by atoms with E-state index in [1.54, 1.807) is 6.07 Å². The van der Waals surface area contributed by atoms with Crippen LogP contribution in [0.2, 0.25) is 0 Å². The second kappa shape index (κ2) is 5.97. The molecule has 0 heterocycles. The fraction of sp³-hybridized carbons (Fsp3) is 0.600. The molecule has 1 fully saturated rings. The van der Waals surface area contributed by atoms with E-state index in [9.17, 15) is 13.9 Å². The normalized spacial score (nSPS) is 17.5. The zero-order valence-electron chi connectivity index (χ0n) is 11.3. The molecule has 2 rings (SSSR count). The third-order valence-corrected chi connectivity index (χ3v) is 4.12. The number of rotatable bonds is 6. The highest BCUT2D eigenvalue weighted by molar-refractivity contribution is 5.18. The number of halogens is 2. The van der Waals surface area contributed by atoms with E-state index in [1.165, 1.54) is 18.6 Å². The summed E-state index contributed by atoms with van der Waals surface area (Å²) in [5, 5.41) is 9.42. The van der Waals surface area contributed by atoms with Gasteiger partial charge >= 0.3 is 0 Å². The van der Waals surface area contributed by atoms with E-state index in [-0.39, 0.29) is 12.0 Å². The Hall–Kier alpha value is -1.00. The van der Waals surface area contributed by atoms with Crippen LogP contribution < -0.4 is 0 Å². The average molecular weight is 269 g/mol. The third-order valence-electron chi connectivity index (χ3n) is 4.12. The van der Waals surface area contributed by atoms with Gasteiger partial charge < -0.3 is 10.0 Å². The number of aliphatic hydroxyl groups is 1. The standard InChI is InChI=1S/C15H21F2NO/c1-18(10-15(11-19)6-2-7-15)8-5-12-3-4-13(16)14(17)9-12/h3-4,9,19H,2,5-8,10-11H2,1H3. The monoisotopic (exact) mass is 269 g/mol. The molecular formula is C15H21F2NO. The first kappa shape index (κ1) is 14.4. The molecule has 1 N–H and O–H groups in total. The maximum Gasteiger partial charge on any atom is 0.159 e. The van der Waals surface area contributed by atoms with Crippen LogP contribution in [0, 0.1) is 17.0 Å². The lowest BCUT2D eigenvalue weighted by molar-refractivity contribution is 0.0149. The molecule has 0 bridgehead atoms. The Labute approximate surface area is 113 Å². The van der Waals surface area contributed by atoms with Crippen LogP contribution >= 0.6 is 0 Å². The summed E-state index contributed by atoms with van der Waals surface area (Å²) in [6.45, 7) is 1.89. The smallest absolute Gasteiger partial charge is 0.159 e. The van der Waals surface area contributed by atoms with Gasteiger partial charge in [0.1, 0.15) is 0 Å². The summed E-state index contributed by atoms with van der Waals surface area (Å²) in [7, 11) is 2.01. The number of nitrogens with zero attached hydrogens (tertiary/aromatic N) is 1. The minimum atomic E-state index is -0.800. The Morgan fingerprint density at radius 1 is 1.26 bits per heavy atom. The maximum atomic E-state index is 13.1. The summed E-state index contributed by atoms with van der Waals surface area (Å²) < 4.78 is 25.9. The lowest BCUT2D eigenvalue weighted by Crippen LogP contribution is -2.44. The van der Waals surface area contributed by atoms with Crippen LogP contribution in [-0.4, -0.2) is 36.8 Å². The van der Waals surface area contributed by atoms with Crippen LogP contribution in [0.5, 0.6) is 0 Å². The topological polar surface area (TPSA) is 23.5 Å². The summed E-state index contributed by atoms with van der Waals surface area (Å²) >= 11 is 0. The van der Waals surface area contributed by atoms with Crippen molar-refractivity contribution < 1.29 is 13.9 Å². The van der Waals surface area contributed by atoms with Crippen molar-refractivity contribution in [3.8, 4) is 0 Å². The molecule has 0 spiro atoms. The van der Waals surface area contributed by atoms with Gasteiger partial charge in [-0.25, -0.2) is 8.78 Å². The zero-order valence-corrected chi connectivity index (χ0v) is 11.3. The molecule has 106 valence electrons. The minimum absolute atomic E-state index is 0.0722. The molecule has 0 amide bonds. The van der Waals surface area contributed by atoms with Crippen molar-refractivity contribution in [2.75, 3.05) is 26.7 Å². The first-order chi connectivity index (χ1) is 9.04. The van der Waals surface area contributed by atoms with Crippen molar-refractivity contribution in [2.45, 2.75) is 25.7 Å². The fourth-order valence-corrected chi connectivity index (χ4v) is 2.71. The van der Waals surface area contributed by atoms with Crippen molar-refractivity contribution in [3.63, 3.8) is 0 Å². The van der Waals surface area contributed by atoms with E-state index < -0.39 is 11.6 Å². The van der Waals surface area contributed by atoms with Crippen LogP contribution in [0.15, 0.2) is 18.2 Å². The number of aliphatic hydroxyl groups excluding tert-OH is 1. The van der Waals surface area contributed by atoms with Crippen LogP contribution in [-0.2, 0) is 6.42 Å². The van der Waals surface area contributed by atoms with Gasteiger partial charge in [0.05, 0.1) is 0 Å². The molecule has 0 atom stereocenters. The van der Waals surface area contributed by atoms with E-state index in [1.807, 2.05) is 7.05 Å². The van der Waals surface area contributed by atoms with Gasteiger partial charge in [-0.05, 0) is 44.0 Å². The first-order valence-corrected chi connectivity index (χ1v) is 6.78. The molecule has 19 heavy (non-hydrogen) atoms. The first-order valence-electron chi connectivity index (χ1n) is 6.78. The molecule has 0 aliphatic heterocycles. The summed E-state index contributed by atoms with van der Waals surface area (Å²) in [6, 6.07) is 4.05. The summed E-state index contributed by atoms with van der Waals surface area (Å²) in [6.07, 6.45) is 4.05. The van der Waals surface area contributed by atoms with E-state index in [2.05, 4.69) is 4.90 Å². The molecular weight excluding hydrogens is 248 g/mol. The van der Waals surface area contributed by atoms with E-state index in [0.717, 1.165) is 31.5 Å². The average Bonchev–Trinajstić information content (AvgIpc) is 2.35. The van der Waals surface area contributed by atoms with Gasteiger partial charge in [0.15, 0.2) is 11.6 Å². The molecule has 1 saturated carbocycles. The summed E-state index contributed by atoms with van der Waals surface area (Å²) in [4.78, 5) is 2.16. The van der Waals surface area contributed by atoms with Crippen LogP contribution in [0.4, 0.5) is 8.78 Å². The van der Waals surface area contributed by atoms with Gasteiger partial charge in [-0.2, -0.15) is 0 Å². The number of benzene rings is 1. The quantitative estimate of drug-likeness (QED) is 0.858. The summed E-state index contributed by atoms with van der Waals surface area (Å²) in [5.41, 5.74) is 0.875. The van der Waals surface area contributed by atoms with E-state index >= 15 is 0 Å². The Bertz CT molecular complexity index is 427. The highest BCUT2D eigenvalue weighted by Crippen LogP contribution is 2.40. The van der Waals surface area contributed by atoms with Crippen LogP contribution in [0.25, 0.3) is 0 Å². The predicted molar refractivity (Wildman–Crippen MR) is 70.9 cm³/mol. The SMILES string of the molecule is CN(CCc1ccc(F)c(F)c1)CC1(CO)CCC1. The largest absolute Gasteiger partial charge is 0.396 e. The second-order valence-corrected chi connectivity index (χ2v) is 5.75. The minimum Gasteiger partial charge on any atom is -0.396 e. The molecule has 1 aromatic rings. The van der Waals surface area contributed by atoms with E-state index in [0.29, 0.717) is 6.42 Å². The van der Waals surface area contributed by atoms with Gasteiger partial charge in [-0.1, -0.05) is 12.5 Å². The van der Waals surface area contributed by atoms with Crippen molar-refractivity contribution >= 4 is 0 Å². The number of likely N-dealkylation sites (N-methyl/N-ethyl adjacent to an activating group) is 1. The highest BCUT2D eigenvalue weighted by Gasteiger charge is 2.36. The fourth-order valence-electron chi connectivity index (χ4n) is 2.71. The highest BCUT2D eigenvalue weighted by atomic mass is 19.2. The Morgan fingerprint density at radius 2 is 2.00 bits per heavy atom. The van der Waals surface area contributed by atoms with Gasteiger partial charge in [0.2, 0.25) is 0 Å². The molecule has 4 heteroatoms. The Morgan fingerprint density at radius 3 is 2.53 bits per heavy atom. The van der Waals surface area contributed by atoms with Gasteiger partial charge in [-0.3, -0.25) is 0 Å². The van der Waals surface area contributed by atoms with Gasteiger partial charge in [0.25, 0.3) is 0 Å². The molecule has 0 unspecified atom stereocenters.